The molecule has 0 aromatic heterocycles. The van der Waals surface area contributed by atoms with E-state index in [0.29, 0.717) is 5.92 Å². The van der Waals surface area contributed by atoms with Crippen LogP contribution < -0.4 is 5.32 Å². The quantitative estimate of drug-likeness (QED) is 0.767. The Morgan fingerprint density at radius 2 is 1.82 bits per heavy atom. The first-order valence-corrected chi connectivity index (χ1v) is 6.94. The topological polar surface area (TPSA) is 46.2 Å². The number of nitrogens with one attached hydrogen (secondary N) is 1. The molecule has 1 heterocycles. The summed E-state index contributed by atoms with van der Waals surface area (Å²) in [6, 6.07) is 0. The van der Waals surface area contributed by atoms with Gasteiger partial charge in [0, 0.05) is 11.8 Å². The average Bonchev–Trinajstić information content (AvgIpc) is 2.57. The third-order valence-corrected chi connectivity index (χ3v) is 4.68. The fraction of sp³-hybridized carbons (Fsp3) is 0.857. The Bertz CT molecular complexity index is 307. The second-order valence-electron chi connectivity index (χ2n) is 5.86. The molecule has 2 amide bonds. The molecular formula is C14H23NO2. The number of imide groups is 1. The predicted octanol–water partition coefficient (Wildman–Crippen LogP) is 2.50. The molecule has 96 valence electrons. The van der Waals surface area contributed by atoms with Crippen LogP contribution in [0.2, 0.25) is 0 Å². The van der Waals surface area contributed by atoms with Gasteiger partial charge in [-0.3, -0.25) is 14.9 Å². The second-order valence-corrected chi connectivity index (χ2v) is 5.86. The second kappa shape index (κ2) is 5.19. The molecule has 0 bridgehead atoms. The highest BCUT2D eigenvalue weighted by Crippen LogP contribution is 2.35. The van der Waals surface area contributed by atoms with Crippen molar-refractivity contribution < 1.29 is 9.59 Å². The lowest BCUT2D eigenvalue weighted by atomic mass is 9.75. The number of amides is 2. The monoisotopic (exact) mass is 237 g/mol. The third kappa shape index (κ3) is 2.70. The van der Waals surface area contributed by atoms with Gasteiger partial charge in [0.25, 0.3) is 0 Å². The maximum Gasteiger partial charge on any atom is 0.230 e. The standard InChI is InChI=1S/C14H23NO2/c1-9(11-6-4-3-5-7-11)8-12-10(2)13(16)15-14(12)17/h9-12H,3-8H2,1-2H3,(H,15,16,17). The molecule has 2 aliphatic rings. The highest BCUT2D eigenvalue weighted by molar-refractivity contribution is 6.04. The fourth-order valence-electron chi connectivity index (χ4n) is 3.35. The summed E-state index contributed by atoms with van der Waals surface area (Å²) < 4.78 is 0. The van der Waals surface area contributed by atoms with E-state index in [1.165, 1.54) is 32.1 Å². The summed E-state index contributed by atoms with van der Waals surface area (Å²) in [5.74, 6) is 0.979. The normalized spacial score (nSPS) is 32.6. The van der Waals surface area contributed by atoms with Crippen molar-refractivity contribution in [3.63, 3.8) is 0 Å². The van der Waals surface area contributed by atoms with Gasteiger partial charge in [-0.2, -0.15) is 0 Å². The minimum Gasteiger partial charge on any atom is -0.296 e. The molecule has 0 spiro atoms. The van der Waals surface area contributed by atoms with E-state index in [1.807, 2.05) is 6.92 Å². The Balaban J connectivity index is 1.91. The maximum atomic E-state index is 11.7. The van der Waals surface area contributed by atoms with E-state index in [2.05, 4.69) is 12.2 Å². The van der Waals surface area contributed by atoms with Crippen molar-refractivity contribution in [3.05, 3.63) is 0 Å². The van der Waals surface area contributed by atoms with Crippen LogP contribution >= 0.6 is 0 Å². The molecule has 1 N–H and O–H groups in total. The van der Waals surface area contributed by atoms with Gasteiger partial charge in [-0.15, -0.1) is 0 Å². The molecule has 17 heavy (non-hydrogen) atoms. The van der Waals surface area contributed by atoms with E-state index in [1.54, 1.807) is 0 Å². The Labute approximate surface area is 103 Å². The largest absolute Gasteiger partial charge is 0.296 e. The number of hydrogen-bond acceptors (Lipinski definition) is 2. The molecule has 2 fully saturated rings. The van der Waals surface area contributed by atoms with Crippen molar-refractivity contribution in [2.75, 3.05) is 0 Å². The Morgan fingerprint density at radius 3 is 2.35 bits per heavy atom. The van der Waals surface area contributed by atoms with Gasteiger partial charge in [-0.05, 0) is 18.3 Å². The first kappa shape index (κ1) is 12.6. The van der Waals surface area contributed by atoms with Gasteiger partial charge in [0.2, 0.25) is 11.8 Å². The van der Waals surface area contributed by atoms with Gasteiger partial charge >= 0.3 is 0 Å². The number of rotatable bonds is 3. The summed E-state index contributed by atoms with van der Waals surface area (Å²) in [5, 5.41) is 2.45. The summed E-state index contributed by atoms with van der Waals surface area (Å²) in [6.45, 7) is 4.12. The Hall–Kier alpha value is -0.860. The minimum atomic E-state index is -0.131. The summed E-state index contributed by atoms with van der Waals surface area (Å²) in [6.07, 6.45) is 7.52. The molecule has 3 nitrogen and oxygen atoms in total. The smallest absolute Gasteiger partial charge is 0.230 e. The molecule has 3 unspecified atom stereocenters. The number of carbonyl (C=O) groups is 2. The van der Waals surface area contributed by atoms with E-state index < -0.39 is 0 Å². The third-order valence-electron chi connectivity index (χ3n) is 4.68. The Morgan fingerprint density at radius 1 is 1.18 bits per heavy atom. The van der Waals surface area contributed by atoms with Crippen LogP contribution in [0.3, 0.4) is 0 Å². The van der Waals surface area contributed by atoms with Gasteiger partial charge in [-0.25, -0.2) is 0 Å². The minimum absolute atomic E-state index is 0.0508. The number of hydrogen-bond donors (Lipinski definition) is 1. The summed E-state index contributed by atoms with van der Waals surface area (Å²) in [5.41, 5.74) is 0. The molecule has 0 aromatic rings. The van der Waals surface area contributed by atoms with E-state index >= 15 is 0 Å². The highest BCUT2D eigenvalue weighted by Gasteiger charge is 2.39. The van der Waals surface area contributed by atoms with Crippen molar-refractivity contribution in [1.82, 2.24) is 5.32 Å². The van der Waals surface area contributed by atoms with Gasteiger partial charge in [0.05, 0.1) is 0 Å². The van der Waals surface area contributed by atoms with Crippen molar-refractivity contribution in [3.8, 4) is 0 Å². The summed E-state index contributed by atoms with van der Waals surface area (Å²) in [4.78, 5) is 23.1. The zero-order valence-corrected chi connectivity index (χ0v) is 10.9. The van der Waals surface area contributed by atoms with Gasteiger partial charge in [0.1, 0.15) is 0 Å². The molecule has 1 aliphatic heterocycles. The van der Waals surface area contributed by atoms with Crippen molar-refractivity contribution in [2.45, 2.75) is 52.4 Å². The zero-order chi connectivity index (χ0) is 12.4. The molecular weight excluding hydrogens is 214 g/mol. The van der Waals surface area contributed by atoms with Crippen LogP contribution in [-0.4, -0.2) is 11.8 Å². The van der Waals surface area contributed by atoms with Crippen molar-refractivity contribution >= 4 is 11.8 Å². The lowest BCUT2D eigenvalue weighted by molar-refractivity contribution is -0.126. The van der Waals surface area contributed by atoms with Crippen LogP contribution in [0, 0.1) is 23.7 Å². The van der Waals surface area contributed by atoms with Crippen molar-refractivity contribution in [2.24, 2.45) is 23.7 Å². The van der Waals surface area contributed by atoms with Gasteiger partial charge < -0.3 is 0 Å². The van der Waals surface area contributed by atoms with E-state index in [0.717, 1.165) is 12.3 Å². The molecule has 2 rings (SSSR count). The van der Waals surface area contributed by atoms with Gasteiger partial charge in [-0.1, -0.05) is 46.0 Å². The van der Waals surface area contributed by atoms with Crippen LogP contribution in [-0.2, 0) is 9.59 Å². The average molecular weight is 237 g/mol. The first-order chi connectivity index (χ1) is 8.09. The Kier molecular flexibility index (Phi) is 3.85. The molecule has 1 saturated carbocycles. The molecule has 1 saturated heterocycles. The predicted molar refractivity (Wildman–Crippen MR) is 66.2 cm³/mol. The van der Waals surface area contributed by atoms with E-state index in [4.69, 9.17) is 0 Å². The highest BCUT2D eigenvalue weighted by atomic mass is 16.2. The maximum absolute atomic E-state index is 11.7. The summed E-state index contributed by atoms with van der Waals surface area (Å²) >= 11 is 0. The van der Waals surface area contributed by atoms with Gasteiger partial charge in [0.15, 0.2) is 0 Å². The van der Waals surface area contributed by atoms with Crippen LogP contribution in [0.1, 0.15) is 52.4 Å². The lowest BCUT2D eigenvalue weighted by Gasteiger charge is -2.29. The fourth-order valence-corrected chi connectivity index (χ4v) is 3.35. The van der Waals surface area contributed by atoms with E-state index in [9.17, 15) is 9.59 Å². The SMILES string of the molecule is CC(CC1C(=O)NC(=O)C1C)C1CCCCC1. The van der Waals surface area contributed by atoms with Crippen LogP contribution in [0.4, 0.5) is 0 Å². The van der Waals surface area contributed by atoms with E-state index in [-0.39, 0.29) is 23.7 Å². The molecule has 1 aliphatic carbocycles. The molecule has 0 aromatic carbocycles. The molecule has 3 atom stereocenters. The van der Waals surface area contributed by atoms with Crippen LogP contribution in [0.25, 0.3) is 0 Å². The zero-order valence-electron chi connectivity index (χ0n) is 10.9. The first-order valence-electron chi connectivity index (χ1n) is 6.94. The van der Waals surface area contributed by atoms with Crippen LogP contribution in [0.5, 0.6) is 0 Å². The molecule has 0 radical (unpaired) electrons. The molecule has 3 heteroatoms. The summed E-state index contributed by atoms with van der Waals surface area (Å²) in [7, 11) is 0. The number of carbonyl (C=O) groups excluding carboxylic acids is 2. The lowest BCUT2D eigenvalue weighted by Crippen LogP contribution is -2.25. The van der Waals surface area contributed by atoms with Crippen molar-refractivity contribution in [1.29, 1.82) is 0 Å². The van der Waals surface area contributed by atoms with Crippen LogP contribution in [0.15, 0.2) is 0 Å².